The van der Waals surface area contributed by atoms with E-state index in [0.717, 1.165) is 31.5 Å². The van der Waals surface area contributed by atoms with Crippen molar-refractivity contribution in [2.24, 2.45) is 5.92 Å². The molecule has 1 atom stereocenters. The van der Waals surface area contributed by atoms with Crippen molar-refractivity contribution in [3.8, 4) is 0 Å². The fraction of sp³-hybridized carbons (Fsp3) is 0.647. The van der Waals surface area contributed by atoms with E-state index in [9.17, 15) is 9.18 Å². The Morgan fingerprint density at radius 3 is 2.82 bits per heavy atom. The summed E-state index contributed by atoms with van der Waals surface area (Å²) in [6.07, 6.45) is 2.53. The summed E-state index contributed by atoms with van der Waals surface area (Å²) in [5, 5.41) is 0. The Hall–Kier alpha value is -1.65. The van der Waals surface area contributed by atoms with E-state index < -0.39 is 5.60 Å². The average molecular weight is 308 g/mol. The van der Waals surface area contributed by atoms with Crippen molar-refractivity contribution in [2.45, 2.75) is 52.6 Å². The highest BCUT2D eigenvalue weighted by Gasteiger charge is 2.27. The number of rotatable bonds is 2. The summed E-state index contributed by atoms with van der Waals surface area (Å²) >= 11 is 0. The number of carbonyl (C=O) groups is 1. The number of nitrogens with zero attached hydrogens (tertiary/aromatic N) is 2. The molecular formula is C17H25FN2O2. The molecule has 0 aromatic carbocycles. The van der Waals surface area contributed by atoms with Gasteiger partial charge in [0.1, 0.15) is 11.4 Å². The SMILES string of the molecule is Cc1nc(CC2CCCN(C(=O)OC(C)(C)C)C2)ccc1F. The number of aromatic nitrogens is 1. The smallest absolute Gasteiger partial charge is 0.410 e. The molecule has 1 aliphatic heterocycles. The molecule has 0 saturated carbocycles. The zero-order valence-electron chi connectivity index (χ0n) is 13.9. The molecule has 1 unspecified atom stereocenters. The molecule has 5 heteroatoms. The molecule has 0 N–H and O–H groups in total. The van der Waals surface area contributed by atoms with Gasteiger partial charge in [0.15, 0.2) is 0 Å². The maximum absolute atomic E-state index is 13.3. The summed E-state index contributed by atoms with van der Waals surface area (Å²) in [6.45, 7) is 8.70. The summed E-state index contributed by atoms with van der Waals surface area (Å²) in [7, 11) is 0. The van der Waals surface area contributed by atoms with Crippen LogP contribution >= 0.6 is 0 Å². The van der Waals surface area contributed by atoms with Gasteiger partial charge in [-0.15, -0.1) is 0 Å². The molecule has 1 fully saturated rings. The lowest BCUT2D eigenvalue weighted by molar-refractivity contribution is 0.0165. The minimum atomic E-state index is -0.473. The average Bonchev–Trinajstić information content (AvgIpc) is 2.41. The number of piperidine rings is 1. The van der Waals surface area contributed by atoms with Crippen molar-refractivity contribution in [1.82, 2.24) is 9.88 Å². The number of amides is 1. The van der Waals surface area contributed by atoms with Gasteiger partial charge >= 0.3 is 6.09 Å². The van der Waals surface area contributed by atoms with E-state index in [2.05, 4.69) is 4.98 Å². The monoisotopic (exact) mass is 308 g/mol. The number of ether oxygens (including phenoxy) is 1. The summed E-state index contributed by atoms with van der Waals surface area (Å²) in [6, 6.07) is 3.20. The molecule has 4 nitrogen and oxygen atoms in total. The number of halogens is 1. The van der Waals surface area contributed by atoms with E-state index in [0.29, 0.717) is 18.2 Å². The third kappa shape index (κ3) is 4.68. The molecule has 1 amide bonds. The van der Waals surface area contributed by atoms with Crippen LogP contribution in [-0.2, 0) is 11.2 Å². The lowest BCUT2D eigenvalue weighted by atomic mass is 9.93. The molecule has 0 spiro atoms. The third-order valence-corrected chi connectivity index (χ3v) is 3.75. The van der Waals surface area contributed by atoms with Crippen LogP contribution in [-0.4, -0.2) is 34.7 Å². The summed E-state index contributed by atoms with van der Waals surface area (Å²) in [4.78, 5) is 18.2. The molecule has 0 radical (unpaired) electrons. The second-order valence-electron chi connectivity index (χ2n) is 7.01. The number of hydrogen-bond donors (Lipinski definition) is 0. The van der Waals surface area contributed by atoms with Gasteiger partial charge in [-0.25, -0.2) is 9.18 Å². The Morgan fingerprint density at radius 1 is 1.45 bits per heavy atom. The first-order valence-electron chi connectivity index (χ1n) is 7.84. The number of carbonyl (C=O) groups excluding carboxylic acids is 1. The maximum atomic E-state index is 13.3. The third-order valence-electron chi connectivity index (χ3n) is 3.75. The van der Waals surface area contributed by atoms with E-state index in [1.54, 1.807) is 17.9 Å². The van der Waals surface area contributed by atoms with Gasteiger partial charge in [-0.2, -0.15) is 0 Å². The van der Waals surface area contributed by atoms with Crippen molar-refractivity contribution >= 4 is 6.09 Å². The Kier molecular flexibility index (Phi) is 5.04. The number of aryl methyl sites for hydroxylation is 1. The fourth-order valence-electron chi connectivity index (χ4n) is 2.73. The minimum Gasteiger partial charge on any atom is -0.444 e. The fourth-order valence-corrected chi connectivity index (χ4v) is 2.73. The number of pyridine rings is 1. The number of likely N-dealkylation sites (tertiary alicyclic amines) is 1. The highest BCUT2D eigenvalue weighted by Crippen LogP contribution is 2.22. The van der Waals surface area contributed by atoms with Crippen LogP contribution in [0.1, 0.15) is 45.0 Å². The summed E-state index contributed by atoms with van der Waals surface area (Å²) in [5.74, 6) is 0.0707. The number of hydrogen-bond acceptors (Lipinski definition) is 3. The lowest BCUT2D eigenvalue weighted by Gasteiger charge is -2.34. The summed E-state index contributed by atoms with van der Waals surface area (Å²) < 4.78 is 18.7. The largest absolute Gasteiger partial charge is 0.444 e. The molecule has 1 aromatic heterocycles. The van der Waals surface area contributed by atoms with Crippen LogP contribution in [0.3, 0.4) is 0 Å². The van der Waals surface area contributed by atoms with Gasteiger partial charge in [-0.3, -0.25) is 4.98 Å². The molecule has 22 heavy (non-hydrogen) atoms. The Bertz CT molecular complexity index is 540. The second-order valence-corrected chi connectivity index (χ2v) is 7.01. The van der Waals surface area contributed by atoms with Crippen LogP contribution in [0.25, 0.3) is 0 Å². The van der Waals surface area contributed by atoms with E-state index in [1.807, 2.05) is 20.8 Å². The lowest BCUT2D eigenvalue weighted by Crippen LogP contribution is -2.43. The van der Waals surface area contributed by atoms with Gasteiger partial charge in [0.25, 0.3) is 0 Å². The molecule has 1 aliphatic rings. The van der Waals surface area contributed by atoms with Crippen molar-refractivity contribution in [2.75, 3.05) is 13.1 Å². The molecule has 2 rings (SSSR count). The van der Waals surface area contributed by atoms with Crippen LogP contribution in [0.4, 0.5) is 9.18 Å². The first kappa shape index (κ1) is 16.7. The van der Waals surface area contributed by atoms with Crippen LogP contribution in [0, 0.1) is 18.7 Å². The molecule has 1 saturated heterocycles. The van der Waals surface area contributed by atoms with Crippen LogP contribution < -0.4 is 0 Å². The highest BCUT2D eigenvalue weighted by molar-refractivity contribution is 5.68. The first-order chi connectivity index (χ1) is 10.2. The Balaban J connectivity index is 1.95. The second kappa shape index (κ2) is 6.63. The van der Waals surface area contributed by atoms with Gasteiger partial charge < -0.3 is 9.64 Å². The van der Waals surface area contributed by atoms with Crippen LogP contribution in [0.15, 0.2) is 12.1 Å². The predicted octanol–water partition coefficient (Wildman–Crippen LogP) is 3.72. The van der Waals surface area contributed by atoms with E-state index in [1.165, 1.54) is 6.07 Å². The van der Waals surface area contributed by atoms with Gasteiger partial charge in [0, 0.05) is 18.8 Å². The molecule has 122 valence electrons. The highest BCUT2D eigenvalue weighted by atomic mass is 19.1. The van der Waals surface area contributed by atoms with E-state index >= 15 is 0 Å². The van der Waals surface area contributed by atoms with Gasteiger partial charge in [0.2, 0.25) is 0 Å². The van der Waals surface area contributed by atoms with Crippen LogP contribution in [0.5, 0.6) is 0 Å². The predicted molar refractivity (Wildman–Crippen MR) is 83.2 cm³/mol. The Labute approximate surface area is 131 Å². The molecule has 1 aromatic rings. The zero-order valence-corrected chi connectivity index (χ0v) is 13.9. The first-order valence-corrected chi connectivity index (χ1v) is 7.84. The van der Waals surface area contributed by atoms with Crippen LogP contribution in [0.2, 0.25) is 0 Å². The van der Waals surface area contributed by atoms with Crippen molar-refractivity contribution in [3.63, 3.8) is 0 Å². The minimum absolute atomic E-state index is 0.250. The molecule has 0 bridgehead atoms. The normalized spacial score (nSPS) is 19.1. The quantitative estimate of drug-likeness (QED) is 0.836. The van der Waals surface area contributed by atoms with Crippen molar-refractivity contribution in [3.05, 3.63) is 29.3 Å². The van der Waals surface area contributed by atoms with Crippen molar-refractivity contribution in [1.29, 1.82) is 0 Å². The van der Waals surface area contributed by atoms with Crippen molar-refractivity contribution < 1.29 is 13.9 Å². The molecular weight excluding hydrogens is 283 g/mol. The zero-order chi connectivity index (χ0) is 16.3. The summed E-state index contributed by atoms with van der Waals surface area (Å²) in [5.41, 5.74) is 0.840. The van der Waals surface area contributed by atoms with E-state index in [4.69, 9.17) is 4.74 Å². The van der Waals surface area contributed by atoms with Gasteiger partial charge in [-0.1, -0.05) is 0 Å². The topological polar surface area (TPSA) is 42.4 Å². The standard InChI is InChI=1S/C17H25FN2O2/c1-12-15(18)8-7-14(19-12)10-13-6-5-9-20(11-13)16(21)22-17(2,3)4/h7-8,13H,5-6,9-11H2,1-4H3. The van der Waals surface area contributed by atoms with E-state index in [-0.39, 0.29) is 11.9 Å². The van der Waals surface area contributed by atoms with Gasteiger partial charge in [-0.05, 0) is 65.0 Å². The van der Waals surface area contributed by atoms with Gasteiger partial charge in [0.05, 0.1) is 5.69 Å². The molecule has 2 heterocycles. The Morgan fingerprint density at radius 2 is 2.18 bits per heavy atom. The molecule has 0 aliphatic carbocycles. The maximum Gasteiger partial charge on any atom is 0.410 e.